The molecule has 0 saturated carbocycles. The summed E-state index contributed by atoms with van der Waals surface area (Å²) in [6, 6.07) is 4.95. The van der Waals surface area contributed by atoms with Crippen molar-refractivity contribution in [1.82, 2.24) is 0 Å². The van der Waals surface area contributed by atoms with E-state index in [2.05, 4.69) is 0 Å². The highest BCUT2D eigenvalue weighted by Gasteiger charge is 2.32. The number of carbonyl (C=O) groups excluding carboxylic acids is 1. The van der Waals surface area contributed by atoms with Gasteiger partial charge in [0.05, 0.1) is 7.11 Å². The first-order valence-electron chi connectivity index (χ1n) is 5.34. The van der Waals surface area contributed by atoms with Crippen LogP contribution in [0.1, 0.15) is 12.0 Å². The standard InChI is InChI=1S/C12H14O5/c1-16-11-5-7(2-3-9(11)13)4-8-6-10(14)12(15)17-8/h2-3,5,8,10,13-14H,4,6H2,1H3. The molecule has 0 aromatic heterocycles. The molecule has 92 valence electrons. The molecular weight excluding hydrogens is 224 g/mol. The van der Waals surface area contributed by atoms with Crippen LogP contribution in [0.4, 0.5) is 0 Å². The van der Waals surface area contributed by atoms with Crippen LogP contribution in [0.25, 0.3) is 0 Å². The summed E-state index contributed by atoms with van der Waals surface area (Å²) in [4.78, 5) is 11.0. The number of hydrogen-bond donors (Lipinski definition) is 2. The Morgan fingerprint density at radius 3 is 2.88 bits per heavy atom. The number of cyclic esters (lactones) is 1. The van der Waals surface area contributed by atoms with Gasteiger partial charge in [0.25, 0.3) is 0 Å². The molecule has 5 heteroatoms. The molecule has 1 heterocycles. The lowest BCUT2D eigenvalue weighted by Gasteiger charge is -2.10. The number of aromatic hydroxyl groups is 1. The molecule has 17 heavy (non-hydrogen) atoms. The molecule has 1 aliphatic heterocycles. The Morgan fingerprint density at radius 2 is 2.29 bits per heavy atom. The maximum Gasteiger partial charge on any atom is 0.335 e. The Labute approximate surface area is 98.6 Å². The number of phenolic OH excluding ortho intramolecular Hbond substituents is 1. The van der Waals surface area contributed by atoms with Gasteiger partial charge in [0, 0.05) is 12.8 Å². The van der Waals surface area contributed by atoms with Crippen LogP contribution < -0.4 is 4.74 Å². The zero-order chi connectivity index (χ0) is 12.4. The minimum atomic E-state index is -1.01. The van der Waals surface area contributed by atoms with Crippen molar-refractivity contribution in [2.75, 3.05) is 7.11 Å². The lowest BCUT2D eigenvalue weighted by Crippen LogP contribution is -2.11. The maximum absolute atomic E-state index is 11.0. The van der Waals surface area contributed by atoms with Crippen molar-refractivity contribution in [3.63, 3.8) is 0 Å². The van der Waals surface area contributed by atoms with Gasteiger partial charge in [0.1, 0.15) is 6.10 Å². The van der Waals surface area contributed by atoms with Gasteiger partial charge in [-0.2, -0.15) is 0 Å². The fourth-order valence-electron chi connectivity index (χ4n) is 1.87. The van der Waals surface area contributed by atoms with Gasteiger partial charge in [0.2, 0.25) is 0 Å². The number of esters is 1. The minimum Gasteiger partial charge on any atom is -0.504 e. The highest BCUT2D eigenvalue weighted by atomic mass is 16.6. The summed E-state index contributed by atoms with van der Waals surface area (Å²) in [5, 5.41) is 18.7. The molecule has 1 aromatic carbocycles. The second kappa shape index (κ2) is 4.63. The van der Waals surface area contributed by atoms with Crippen LogP contribution in [-0.2, 0) is 16.0 Å². The summed E-state index contributed by atoms with van der Waals surface area (Å²) < 4.78 is 9.97. The summed E-state index contributed by atoms with van der Waals surface area (Å²) >= 11 is 0. The summed E-state index contributed by atoms with van der Waals surface area (Å²) in [6.45, 7) is 0. The third kappa shape index (κ3) is 2.50. The van der Waals surface area contributed by atoms with Crippen LogP contribution in [0, 0.1) is 0 Å². The van der Waals surface area contributed by atoms with E-state index in [1.54, 1.807) is 12.1 Å². The fraction of sp³-hybridized carbons (Fsp3) is 0.417. The van der Waals surface area contributed by atoms with Crippen LogP contribution >= 0.6 is 0 Å². The lowest BCUT2D eigenvalue weighted by atomic mass is 10.0. The molecule has 5 nitrogen and oxygen atoms in total. The van der Waals surface area contributed by atoms with Gasteiger partial charge in [-0.1, -0.05) is 6.07 Å². The molecule has 1 saturated heterocycles. The van der Waals surface area contributed by atoms with Crippen molar-refractivity contribution in [3.8, 4) is 11.5 Å². The van der Waals surface area contributed by atoms with Crippen molar-refractivity contribution >= 4 is 5.97 Å². The second-order valence-electron chi connectivity index (χ2n) is 4.02. The molecular formula is C12H14O5. The van der Waals surface area contributed by atoms with Crippen molar-refractivity contribution in [1.29, 1.82) is 0 Å². The molecule has 0 spiro atoms. The van der Waals surface area contributed by atoms with E-state index in [9.17, 15) is 15.0 Å². The van der Waals surface area contributed by atoms with E-state index in [-0.39, 0.29) is 11.9 Å². The van der Waals surface area contributed by atoms with Crippen LogP contribution in [0.5, 0.6) is 11.5 Å². The van der Waals surface area contributed by atoms with Crippen LogP contribution in [0.2, 0.25) is 0 Å². The first-order chi connectivity index (χ1) is 8.10. The first-order valence-corrected chi connectivity index (χ1v) is 5.34. The SMILES string of the molecule is COc1cc(CC2CC(O)C(=O)O2)ccc1O. The number of rotatable bonds is 3. The minimum absolute atomic E-state index is 0.0692. The average Bonchev–Trinajstić information content (AvgIpc) is 2.61. The number of aliphatic hydroxyl groups excluding tert-OH is 1. The second-order valence-corrected chi connectivity index (χ2v) is 4.02. The number of hydrogen-bond acceptors (Lipinski definition) is 5. The van der Waals surface area contributed by atoms with Crippen molar-refractivity contribution in [2.24, 2.45) is 0 Å². The Balaban J connectivity index is 2.07. The molecule has 0 bridgehead atoms. The largest absolute Gasteiger partial charge is 0.504 e. The maximum atomic E-state index is 11.0. The fourth-order valence-corrected chi connectivity index (χ4v) is 1.87. The number of aliphatic hydroxyl groups is 1. The zero-order valence-corrected chi connectivity index (χ0v) is 9.42. The Bertz CT molecular complexity index is 429. The molecule has 1 aliphatic rings. The van der Waals surface area contributed by atoms with Crippen LogP contribution in [-0.4, -0.2) is 35.5 Å². The molecule has 0 aliphatic carbocycles. The Morgan fingerprint density at radius 1 is 1.53 bits per heavy atom. The first kappa shape index (κ1) is 11.7. The van der Waals surface area contributed by atoms with Crippen molar-refractivity contribution < 1.29 is 24.5 Å². The van der Waals surface area contributed by atoms with Gasteiger partial charge in [-0.25, -0.2) is 4.79 Å². The van der Waals surface area contributed by atoms with Gasteiger partial charge >= 0.3 is 5.97 Å². The van der Waals surface area contributed by atoms with Gasteiger partial charge in [-0.05, 0) is 17.7 Å². The molecule has 2 N–H and O–H groups in total. The lowest BCUT2D eigenvalue weighted by molar-refractivity contribution is -0.147. The van der Waals surface area contributed by atoms with Crippen molar-refractivity contribution in [3.05, 3.63) is 23.8 Å². The molecule has 1 fully saturated rings. The van der Waals surface area contributed by atoms with Crippen LogP contribution in [0.3, 0.4) is 0 Å². The molecule has 0 radical (unpaired) electrons. The van der Waals surface area contributed by atoms with E-state index in [1.165, 1.54) is 13.2 Å². The monoisotopic (exact) mass is 238 g/mol. The number of ether oxygens (including phenoxy) is 2. The highest BCUT2D eigenvalue weighted by Crippen LogP contribution is 2.28. The predicted octanol–water partition coefficient (Wildman–Crippen LogP) is 0.620. The third-order valence-electron chi connectivity index (χ3n) is 2.75. The van der Waals surface area contributed by atoms with E-state index in [1.807, 2.05) is 0 Å². The van der Waals surface area contributed by atoms with Gasteiger partial charge in [0.15, 0.2) is 17.6 Å². The van der Waals surface area contributed by atoms with Crippen LogP contribution in [0.15, 0.2) is 18.2 Å². The smallest absolute Gasteiger partial charge is 0.335 e. The van der Waals surface area contributed by atoms with E-state index in [0.717, 1.165) is 5.56 Å². The predicted molar refractivity (Wildman–Crippen MR) is 58.9 cm³/mol. The molecule has 1 aromatic rings. The average molecular weight is 238 g/mol. The number of phenols is 1. The van der Waals surface area contributed by atoms with E-state index in [4.69, 9.17) is 9.47 Å². The Kier molecular flexibility index (Phi) is 3.19. The molecule has 2 unspecified atom stereocenters. The topological polar surface area (TPSA) is 76.0 Å². The van der Waals surface area contributed by atoms with Gasteiger partial charge in [-0.15, -0.1) is 0 Å². The quantitative estimate of drug-likeness (QED) is 0.755. The number of methoxy groups -OCH3 is 1. The van der Waals surface area contributed by atoms with E-state index < -0.39 is 12.1 Å². The number of carbonyl (C=O) groups is 1. The zero-order valence-electron chi connectivity index (χ0n) is 9.42. The van der Waals surface area contributed by atoms with Gasteiger partial charge in [-0.3, -0.25) is 0 Å². The van der Waals surface area contributed by atoms with E-state index >= 15 is 0 Å². The Hall–Kier alpha value is -1.75. The molecule has 0 amide bonds. The normalized spacial score (nSPS) is 23.5. The summed E-state index contributed by atoms with van der Waals surface area (Å²) in [5.74, 6) is -0.118. The molecule has 2 rings (SSSR count). The summed E-state index contributed by atoms with van der Waals surface area (Å²) in [6.07, 6.45) is -0.521. The molecule has 2 atom stereocenters. The van der Waals surface area contributed by atoms with E-state index in [0.29, 0.717) is 18.6 Å². The highest BCUT2D eigenvalue weighted by molar-refractivity contribution is 5.76. The van der Waals surface area contributed by atoms with Crippen molar-refractivity contribution in [2.45, 2.75) is 25.0 Å². The van der Waals surface area contributed by atoms with Gasteiger partial charge < -0.3 is 19.7 Å². The number of benzene rings is 1. The third-order valence-corrected chi connectivity index (χ3v) is 2.75. The summed E-state index contributed by atoms with van der Waals surface area (Å²) in [5.41, 5.74) is 0.881. The summed E-state index contributed by atoms with van der Waals surface area (Å²) in [7, 11) is 1.47.